The number of nitrogens with one attached hydrogen (secondary N) is 1. The highest BCUT2D eigenvalue weighted by Gasteiger charge is 2.17. The maximum atomic E-state index is 13.3. The SMILES string of the molecule is CC(=O)c1ccc(NC(=O)Cn2c(C)nc3c(sc4nc(-c5ccccc5)ccc43)c2=O)cc1. The number of rotatable bonds is 5. The molecular weight excluding hydrogens is 448 g/mol. The van der Waals surface area contributed by atoms with Crippen molar-refractivity contribution < 1.29 is 9.59 Å². The molecule has 0 saturated carbocycles. The minimum Gasteiger partial charge on any atom is -0.325 e. The first kappa shape index (κ1) is 21.7. The van der Waals surface area contributed by atoms with Crippen molar-refractivity contribution >= 4 is 49.1 Å². The first-order valence-corrected chi connectivity index (χ1v) is 11.5. The molecule has 34 heavy (non-hydrogen) atoms. The first-order valence-electron chi connectivity index (χ1n) is 10.7. The fourth-order valence-electron chi connectivity index (χ4n) is 3.80. The smallest absolute Gasteiger partial charge is 0.272 e. The summed E-state index contributed by atoms with van der Waals surface area (Å²) >= 11 is 1.28. The molecule has 5 rings (SSSR count). The van der Waals surface area contributed by atoms with Crippen molar-refractivity contribution in [2.75, 3.05) is 5.32 Å². The monoisotopic (exact) mass is 468 g/mol. The minimum atomic E-state index is -0.354. The molecule has 0 bridgehead atoms. The number of thiophene rings is 1. The van der Waals surface area contributed by atoms with E-state index in [0.717, 1.165) is 21.5 Å². The van der Waals surface area contributed by atoms with E-state index in [0.29, 0.717) is 27.3 Å². The van der Waals surface area contributed by atoms with Crippen LogP contribution in [0, 0.1) is 6.92 Å². The zero-order valence-electron chi connectivity index (χ0n) is 18.5. The second-order valence-electron chi connectivity index (χ2n) is 7.93. The Labute approximate surface area is 198 Å². The van der Waals surface area contributed by atoms with Crippen LogP contribution in [0.3, 0.4) is 0 Å². The van der Waals surface area contributed by atoms with Crippen molar-refractivity contribution in [3.63, 3.8) is 0 Å². The quantitative estimate of drug-likeness (QED) is 0.373. The standard InChI is InChI=1S/C26H20N4O3S/c1-15(31)17-8-10-19(11-9-17)28-22(32)14-30-16(2)27-23-20-12-13-21(18-6-4-3-5-7-18)29-25(20)34-24(23)26(30)33/h3-13H,14H2,1-2H3,(H,28,32). The summed E-state index contributed by atoms with van der Waals surface area (Å²) in [5.41, 5.74) is 3.27. The summed E-state index contributed by atoms with van der Waals surface area (Å²) in [6.07, 6.45) is 0. The van der Waals surface area contributed by atoms with Gasteiger partial charge in [0.05, 0.1) is 11.2 Å². The second kappa shape index (κ2) is 8.64. The molecule has 0 atom stereocenters. The molecule has 2 aromatic carbocycles. The number of aromatic nitrogens is 3. The van der Waals surface area contributed by atoms with Gasteiger partial charge in [-0.1, -0.05) is 30.3 Å². The van der Waals surface area contributed by atoms with Gasteiger partial charge in [0.15, 0.2) is 5.78 Å². The number of anilines is 1. The van der Waals surface area contributed by atoms with Gasteiger partial charge in [-0.25, -0.2) is 9.97 Å². The Balaban J connectivity index is 1.47. The number of hydrogen-bond acceptors (Lipinski definition) is 6. The zero-order valence-corrected chi connectivity index (χ0v) is 19.3. The fraction of sp³-hybridized carbons (Fsp3) is 0.115. The summed E-state index contributed by atoms with van der Waals surface area (Å²) in [7, 11) is 0. The highest BCUT2D eigenvalue weighted by molar-refractivity contribution is 7.25. The van der Waals surface area contributed by atoms with Crippen LogP contribution >= 0.6 is 11.3 Å². The molecule has 0 radical (unpaired) electrons. The number of pyridine rings is 1. The van der Waals surface area contributed by atoms with E-state index >= 15 is 0 Å². The number of fused-ring (bicyclic) bond motifs is 3. The molecule has 5 aromatic rings. The Hall–Kier alpha value is -4.17. The van der Waals surface area contributed by atoms with E-state index < -0.39 is 0 Å². The molecule has 0 aliphatic rings. The highest BCUT2D eigenvalue weighted by Crippen LogP contribution is 2.31. The largest absolute Gasteiger partial charge is 0.325 e. The van der Waals surface area contributed by atoms with Gasteiger partial charge < -0.3 is 5.32 Å². The molecule has 168 valence electrons. The lowest BCUT2D eigenvalue weighted by atomic mass is 10.1. The molecule has 1 N–H and O–H groups in total. The summed E-state index contributed by atoms with van der Waals surface area (Å²) in [6, 6.07) is 20.3. The van der Waals surface area contributed by atoms with Crippen LogP contribution in [0.25, 0.3) is 31.7 Å². The van der Waals surface area contributed by atoms with Gasteiger partial charge in [0.1, 0.15) is 21.9 Å². The molecule has 7 nitrogen and oxygen atoms in total. The van der Waals surface area contributed by atoms with Gasteiger partial charge in [-0.2, -0.15) is 0 Å². The Morgan fingerprint density at radius 2 is 1.71 bits per heavy atom. The lowest BCUT2D eigenvalue weighted by molar-refractivity contribution is -0.116. The van der Waals surface area contributed by atoms with Crippen LogP contribution in [0.2, 0.25) is 0 Å². The third kappa shape index (κ3) is 3.99. The summed E-state index contributed by atoms with van der Waals surface area (Å²) in [4.78, 5) is 47.4. The van der Waals surface area contributed by atoms with E-state index in [4.69, 9.17) is 4.98 Å². The number of carbonyl (C=O) groups excluding carboxylic acids is 2. The van der Waals surface area contributed by atoms with Gasteiger partial charge >= 0.3 is 0 Å². The molecule has 1 amide bonds. The number of Topliss-reactive ketones (excluding diaryl/α,β-unsaturated/α-hetero) is 1. The van der Waals surface area contributed by atoms with E-state index in [1.54, 1.807) is 31.2 Å². The molecule has 3 heterocycles. The number of benzene rings is 2. The van der Waals surface area contributed by atoms with Crippen LogP contribution in [0.1, 0.15) is 23.1 Å². The van der Waals surface area contributed by atoms with Crippen molar-refractivity contribution in [2.24, 2.45) is 0 Å². The molecule has 0 saturated heterocycles. The van der Waals surface area contributed by atoms with Crippen LogP contribution in [0.5, 0.6) is 0 Å². The molecular formula is C26H20N4O3S. The molecule has 8 heteroatoms. The van der Waals surface area contributed by atoms with Crippen molar-refractivity contribution in [3.8, 4) is 11.3 Å². The van der Waals surface area contributed by atoms with E-state index in [1.165, 1.54) is 22.8 Å². The number of aryl methyl sites for hydroxylation is 1. The first-order chi connectivity index (χ1) is 16.4. The lowest BCUT2D eigenvalue weighted by Crippen LogP contribution is -2.29. The molecule has 3 aromatic heterocycles. The van der Waals surface area contributed by atoms with Gasteiger partial charge in [-0.05, 0) is 50.2 Å². The maximum absolute atomic E-state index is 13.3. The van der Waals surface area contributed by atoms with Crippen molar-refractivity contribution in [3.05, 3.63) is 88.5 Å². The van der Waals surface area contributed by atoms with E-state index in [-0.39, 0.29) is 23.8 Å². The zero-order chi connectivity index (χ0) is 23.8. The predicted molar refractivity (Wildman–Crippen MR) is 134 cm³/mol. The Kier molecular flexibility index (Phi) is 5.51. The molecule has 0 spiro atoms. The van der Waals surface area contributed by atoms with E-state index in [9.17, 15) is 14.4 Å². The fourth-order valence-corrected chi connectivity index (χ4v) is 4.86. The Morgan fingerprint density at radius 1 is 0.971 bits per heavy atom. The summed E-state index contributed by atoms with van der Waals surface area (Å²) < 4.78 is 1.84. The van der Waals surface area contributed by atoms with Crippen LogP contribution in [0.4, 0.5) is 5.69 Å². The molecule has 0 aliphatic carbocycles. The summed E-state index contributed by atoms with van der Waals surface area (Å²) in [5, 5.41) is 3.59. The number of amides is 1. The number of hydrogen-bond donors (Lipinski definition) is 1. The van der Waals surface area contributed by atoms with Gasteiger partial charge in [-0.15, -0.1) is 11.3 Å². The maximum Gasteiger partial charge on any atom is 0.272 e. The summed E-state index contributed by atoms with van der Waals surface area (Å²) in [5.74, 6) is 0.0482. The summed E-state index contributed by atoms with van der Waals surface area (Å²) in [6.45, 7) is 3.03. The van der Waals surface area contributed by atoms with Gasteiger partial charge in [0.2, 0.25) is 5.91 Å². The Bertz CT molecular complexity index is 1620. The highest BCUT2D eigenvalue weighted by atomic mass is 32.1. The third-order valence-corrected chi connectivity index (χ3v) is 6.66. The molecule has 0 fully saturated rings. The van der Waals surface area contributed by atoms with Crippen LogP contribution in [0.15, 0.2) is 71.5 Å². The van der Waals surface area contributed by atoms with Crippen molar-refractivity contribution in [1.82, 2.24) is 14.5 Å². The van der Waals surface area contributed by atoms with Gasteiger partial charge in [0, 0.05) is 22.2 Å². The second-order valence-corrected chi connectivity index (χ2v) is 8.93. The van der Waals surface area contributed by atoms with E-state index in [1.807, 2.05) is 42.5 Å². The topological polar surface area (TPSA) is 93.9 Å². The third-order valence-electron chi connectivity index (χ3n) is 5.58. The number of ketones is 1. The lowest BCUT2D eigenvalue weighted by Gasteiger charge is -2.10. The normalized spacial score (nSPS) is 11.1. The van der Waals surface area contributed by atoms with Gasteiger partial charge in [-0.3, -0.25) is 19.0 Å². The Morgan fingerprint density at radius 3 is 2.41 bits per heavy atom. The van der Waals surface area contributed by atoms with Crippen LogP contribution in [-0.2, 0) is 11.3 Å². The van der Waals surface area contributed by atoms with Gasteiger partial charge in [0.25, 0.3) is 5.56 Å². The van der Waals surface area contributed by atoms with Crippen molar-refractivity contribution in [2.45, 2.75) is 20.4 Å². The minimum absolute atomic E-state index is 0.0480. The van der Waals surface area contributed by atoms with E-state index in [2.05, 4.69) is 10.3 Å². The molecule has 0 unspecified atom stereocenters. The number of nitrogens with zero attached hydrogens (tertiary/aromatic N) is 3. The average Bonchev–Trinajstić information content (AvgIpc) is 3.20. The molecule has 0 aliphatic heterocycles. The van der Waals surface area contributed by atoms with Crippen molar-refractivity contribution in [1.29, 1.82) is 0 Å². The van der Waals surface area contributed by atoms with Crippen LogP contribution < -0.4 is 10.9 Å². The average molecular weight is 469 g/mol. The number of carbonyl (C=O) groups is 2. The predicted octanol–water partition coefficient (Wildman–Crippen LogP) is 4.82. The van der Waals surface area contributed by atoms with Crippen LogP contribution in [-0.4, -0.2) is 26.2 Å².